The Morgan fingerprint density at radius 1 is 1.06 bits per heavy atom. The van der Waals surface area contributed by atoms with Crippen LogP contribution in [0, 0.1) is 19.3 Å². The predicted molar refractivity (Wildman–Crippen MR) is 141 cm³/mol. The minimum absolute atomic E-state index is 0.0189. The van der Waals surface area contributed by atoms with Crippen LogP contribution in [0.4, 0.5) is 0 Å². The van der Waals surface area contributed by atoms with E-state index in [9.17, 15) is 13.2 Å². The number of sulfonamides is 1. The Labute approximate surface area is 219 Å². The van der Waals surface area contributed by atoms with Gasteiger partial charge in [0.25, 0.3) is 0 Å². The summed E-state index contributed by atoms with van der Waals surface area (Å²) in [6.45, 7) is 7.22. The first kappa shape index (κ1) is 26.9. The van der Waals surface area contributed by atoms with Gasteiger partial charge in [0.15, 0.2) is 0 Å². The predicted octanol–water partition coefficient (Wildman–Crippen LogP) is 4.20. The third kappa shape index (κ3) is 6.79. The summed E-state index contributed by atoms with van der Waals surface area (Å²) in [6, 6.07) is 13.1. The van der Waals surface area contributed by atoms with Crippen LogP contribution in [-0.4, -0.2) is 69.5 Å². The summed E-state index contributed by atoms with van der Waals surface area (Å²) in [7, 11) is -3.46. The maximum Gasteiger partial charge on any atom is 0.223 e. The van der Waals surface area contributed by atoms with Crippen molar-refractivity contribution in [3.05, 3.63) is 64.2 Å². The van der Waals surface area contributed by atoms with E-state index in [-0.39, 0.29) is 11.7 Å². The summed E-state index contributed by atoms with van der Waals surface area (Å²) < 4.78 is 39.5. The van der Waals surface area contributed by atoms with Gasteiger partial charge in [0, 0.05) is 43.0 Å². The highest BCUT2D eigenvalue weighted by atomic mass is 35.5. The van der Waals surface area contributed by atoms with Crippen molar-refractivity contribution in [2.24, 2.45) is 5.41 Å². The zero-order valence-corrected chi connectivity index (χ0v) is 22.6. The second kappa shape index (κ2) is 11.5. The number of aryl methyl sites for hydroxylation is 2. The van der Waals surface area contributed by atoms with Crippen LogP contribution in [0.2, 0.25) is 5.02 Å². The lowest BCUT2D eigenvalue weighted by Gasteiger charge is -2.42. The molecule has 2 fully saturated rings. The molecule has 2 aliphatic heterocycles. The van der Waals surface area contributed by atoms with Crippen molar-refractivity contribution in [3.8, 4) is 5.75 Å². The molecule has 0 aliphatic carbocycles. The summed E-state index contributed by atoms with van der Waals surface area (Å²) in [5.74, 6) is 0.754. The van der Waals surface area contributed by atoms with Gasteiger partial charge in [0.2, 0.25) is 15.9 Å². The highest BCUT2D eigenvalue weighted by molar-refractivity contribution is 7.88. The van der Waals surface area contributed by atoms with E-state index in [2.05, 4.69) is 0 Å². The maximum absolute atomic E-state index is 13.2. The molecule has 0 radical (unpaired) electrons. The van der Waals surface area contributed by atoms with E-state index in [1.54, 1.807) is 10.4 Å². The van der Waals surface area contributed by atoms with Gasteiger partial charge in [-0.05, 0) is 56.0 Å². The minimum Gasteiger partial charge on any atom is -0.493 e. The summed E-state index contributed by atoms with van der Waals surface area (Å²) in [5.41, 5.74) is 2.30. The molecule has 0 spiro atoms. The first-order chi connectivity index (χ1) is 17.2. The molecule has 2 aliphatic rings. The third-order valence-electron chi connectivity index (χ3n) is 7.17. The van der Waals surface area contributed by atoms with Gasteiger partial charge in [-0.1, -0.05) is 41.4 Å². The van der Waals surface area contributed by atoms with Gasteiger partial charge in [0.05, 0.1) is 25.6 Å². The molecule has 0 unspecified atom stereocenters. The number of benzene rings is 2. The fourth-order valence-corrected chi connectivity index (χ4v) is 6.54. The molecule has 36 heavy (non-hydrogen) atoms. The van der Waals surface area contributed by atoms with Crippen LogP contribution in [0.5, 0.6) is 5.75 Å². The van der Waals surface area contributed by atoms with Crippen molar-refractivity contribution in [1.82, 2.24) is 9.21 Å². The lowest BCUT2D eigenvalue weighted by Crippen LogP contribution is -2.49. The molecule has 0 N–H and O–H groups in total. The zero-order valence-electron chi connectivity index (χ0n) is 21.0. The van der Waals surface area contributed by atoms with Crippen molar-refractivity contribution in [2.75, 3.05) is 46.0 Å². The average molecular weight is 535 g/mol. The van der Waals surface area contributed by atoms with Crippen molar-refractivity contribution in [2.45, 2.75) is 38.9 Å². The molecule has 196 valence electrons. The number of carbonyl (C=O) groups is 1. The maximum atomic E-state index is 13.2. The largest absolute Gasteiger partial charge is 0.493 e. The molecule has 0 aromatic heterocycles. The fraction of sp³-hybridized carbons (Fsp3) is 0.519. The highest BCUT2D eigenvalue weighted by Gasteiger charge is 2.41. The quantitative estimate of drug-likeness (QED) is 0.507. The molecular formula is C27H35ClN2O5S. The molecule has 1 amide bonds. The smallest absolute Gasteiger partial charge is 0.223 e. The number of nitrogens with zero attached hydrogens (tertiary/aromatic N) is 2. The van der Waals surface area contributed by atoms with E-state index in [1.807, 2.05) is 55.1 Å². The normalized spacial score (nSPS) is 18.7. The van der Waals surface area contributed by atoms with Crippen LogP contribution in [0.15, 0.2) is 42.5 Å². The van der Waals surface area contributed by atoms with Crippen LogP contribution in [0.25, 0.3) is 0 Å². The third-order valence-corrected chi connectivity index (χ3v) is 9.45. The van der Waals surface area contributed by atoms with Crippen molar-refractivity contribution in [3.63, 3.8) is 0 Å². The Kier molecular flexibility index (Phi) is 8.60. The van der Waals surface area contributed by atoms with E-state index >= 15 is 0 Å². The molecular weight excluding hydrogens is 500 g/mol. The standard InChI is InChI=1S/C27H35ClN2O5S/c1-21-4-3-5-23(16-21)19-36(32,33)30-10-8-27(9-11-30,18-26(31)29-12-14-34-15-13-29)20-35-24-6-7-25(28)22(2)17-24/h3-7,16-17H,8-15,18-20H2,1-2H3. The lowest BCUT2D eigenvalue weighted by molar-refractivity contribution is -0.139. The molecule has 2 aromatic carbocycles. The Morgan fingerprint density at radius 3 is 2.44 bits per heavy atom. The van der Waals surface area contributed by atoms with Crippen LogP contribution >= 0.6 is 11.6 Å². The van der Waals surface area contributed by atoms with Gasteiger partial charge < -0.3 is 14.4 Å². The Balaban J connectivity index is 1.46. The second-order valence-electron chi connectivity index (χ2n) is 10.0. The first-order valence-corrected chi connectivity index (χ1v) is 14.4. The van der Waals surface area contributed by atoms with Crippen molar-refractivity contribution in [1.29, 1.82) is 0 Å². The highest BCUT2D eigenvalue weighted by Crippen LogP contribution is 2.38. The van der Waals surface area contributed by atoms with Gasteiger partial charge in [0.1, 0.15) is 5.75 Å². The SMILES string of the molecule is Cc1cccc(CS(=O)(=O)N2CCC(COc3ccc(Cl)c(C)c3)(CC(=O)N3CCOCC3)CC2)c1. The minimum atomic E-state index is -3.46. The summed E-state index contributed by atoms with van der Waals surface area (Å²) >= 11 is 6.16. The molecule has 9 heteroatoms. The number of rotatable bonds is 8. The van der Waals surface area contributed by atoms with Gasteiger partial charge in [-0.25, -0.2) is 12.7 Å². The molecule has 2 heterocycles. The zero-order chi connectivity index (χ0) is 25.8. The molecule has 0 bridgehead atoms. The van der Waals surface area contributed by atoms with E-state index in [0.717, 1.165) is 16.7 Å². The van der Waals surface area contributed by atoms with Crippen LogP contribution in [0.3, 0.4) is 0 Å². The summed E-state index contributed by atoms with van der Waals surface area (Å²) in [6.07, 6.45) is 1.44. The summed E-state index contributed by atoms with van der Waals surface area (Å²) in [4.78, 5) is 15.0. The number of carbonyl (C=O) groups excluding carboxylic acids is 1. The van der Waals surface area contributed by atoms with E-state index in [0.29, 0.717) is 76.0 Å². The number of hydrogen-bond acceptors (Lipinski definition) is 5. The number of morpholine rings is 1. The summed E-state index contributed by atoms with van der Waals surface area (Å²) in [5, 5.41) is 0.673. The first-order valence-electron chi connectivity index (χ1n) is 12.4. The Morgan fingerprint density at radius 2 is 1.78 bits per heavy atom. The lowest BCUT2D eigenvalue weighted by atomic mass is 9.76. The molecule has 2 saturated heterocycles. The number of hydrogen-bond donors (Lipinski definition) is 0. The molecule has 0 atom stereocenters. The van der Waals surface area contributed by atoms with Gasteiger partial charge in [-0.15, -0.1) is 0 Å². The van der Waals surface area contributed by atoms with Gasteiger partial charge >= 0.3 is 0 Å². The number of ether oxygens (including phenoxy) is 2. The molecule has 7 nitrogen and oxygen atoms in total. The van der Waals surface area contributed by atoms with E-state index in [4.69, 9.17) is 21.1 Å². The monoisotopic (exact) mass is 534 g/mol. The van der Waals surface area contributed by atoms with Gasteiger partial charge in [-0.3, -0.25) is 4.79 Å². The number of halogens is 1. The Hall–Kier alpha value is -2.13. The van der Waals surface area contributed by atoms with Crippen LogP contribution in [0.1, 0.15) is 36.0 Å². The fourth-order valence-electron chi connectivity index (χ4n) is 4.90. The van der Waals surface area contributed by atoms with Crippen LogP contribution < -0.4 is 4.74 Å². The van der Waals surface area contributed by atoms with Crippen LogP contribution in [-0.2, 0) is 25.3 Å². The van der Waals surface area contributed by atoms with Gasteiger partial charge in [-0.2, -0.15) is 0 Å². The molecule has 4 rings (SSSR count). The number of piperidine rings is 1. The molecule has 0 saturated carbocycles. The van der Waals surface area contributed by atoms with Crippen molar-refractivity contribution < 1.29 is 22.7 Å². The van der Waals surface area contributed by atoms with Crippen molar-refractivity contribution >= 4 is 27.5 Å². The second-order valence-corrected chi connectivity index (χ2v) is 12.4. The molecule has 2 aromatic rings. The van der Waals surface area contributed by atoms with E-state index < -0.39 is 15.4 Å². The number of amides is 1. The topological polar surface area (TPSA) is 76.2 Å². The van der Waals surface area contributed by atoms with E-state index in [1.165, 1.54) is 0 Å². The Bertz CT molecular complexity index is 1170. The average Bonchev–Trinajstić information content (AvgIpc) is 2.85.